The molecule has 0 bridgehead atoms. The lowest BCUT2D eigenvalue weighted by molar-refractivity contribution is -0.141. The van der Waals surface area contributed by atoms with Crippen LogP contribution >= 0.6 is 23.2 Å². The van der Waals surface area contributed by atoms with Crippen LogP contribution in [0.5, 0.6) is 5.75 Å². The minimum Gasteiger partial charge on any atom is -0.494 e. The highest BCUT2D eigenvalue weighted by Gasteiger charge is 2.26. The molecule has 0 saturated carbocycles. The van der Waals surface area contributed by atoms with E-state index in [1.807, 2.05) is 51.1 Å². The van der Waals surface area contributed by atoms with Crippen molar-refractivity contribution in [3.8, 4) is 5.75 Å². The lowest BCUT2D eigenvalue weighted by Crippen LogP contribution is -2.49. The van der Waals surface area contributed by atoms with Crippen molar-refractivity contribution in [1.82, 2.24) is 10.2 Å². The van der Waals surface area contributed by atoms with Crippen LogP contribution in [0.2, 0.25) is 10.0 Å². The predicted molar refractivity (Wildman–Crippen MR) is 130 cm³/mol. The average molecular weight is 479 g/mol. The van der Waals surface area contributed by atoms with Crippen molar-refractivity contribution in [2.75, 3.05) is 6.61 Å². The molecule has 7 heteroatoms. The van der Waals surface area contributed by atoms with E-state index in [-0.39, 0.29) is 30.8 Å². The number of ether oxygens (including phenoxy) is 1. The van der Waals surface area contributed by atoms with Crippen molar-refractivity contribution in [1.29, 1.82) is 0 Å². The molecule has 0 spiro atoms. The van der Waals surface area contributed by atoms with Crippen LogP contribution in [0.25, 0.3) is 0 Å². The number of nitrogens with zero attached hydrogens (tertiary/aromatic N) is 1. The number of benzene rings is 2. The monoisotopic (exact) mass is 478 g/mol. The third-order valence-corrected chi connectivity index (χ3v) is 6.07. The van der Waals surface area contributed by atoms with Gasteiger partial charge < -0.3 is 15.0 Å². The van der Waals surface area contributed by atoms with E-state index in [4.69, 9.17) is 27.9 Å². The Labute approximate surface area is 201 Å². The fourth-order valence-electron chi connectivity index (χ4n) is 3.07. The molecule has 0 aliphatic carbocycles. The standard InChI is InChI=1S/C25H32Cl2N2O3/c1-5-18(3)28-25(31)19(4)29(16-20-10-13-22(26)23(27)15-20)24(30)7-6-14-32-21-11-8-17(2)9-12-21/h8-13,15,18-19H,5-7,14,16H2,1-4H3,(H,28,31)/t18-,19-/m1/s1. The van der Waals surface area contributed by atoms with Crippen molar-refractivity contribution >= 4 is 35.0 Å². The average Bonchev–Trinajstić information content (AvgIpc) is 2.77. The summed E-state index contributed by atoms with van der Waals surface area (Å²) in [5.41, 5.74) is 1.97. The smallest absolute Gasteiger partial charge is 0.242 e. The quantitative estimate of drug-likeness (QED) is 0.415. The van der Waals surface area contributed by atoms with Gasteiger partial charge in [-0.05, 0) is 63.4 Å². The number of nitrogens with one attached hydrogen (secondary N) is 1. The van der Waals surface area contributed by atoms with Gasteiger partial charge in [-0.3, -0.25) is 9.59 Å². The number of hydrogen-bond donors (Lipinski definition) is 1. The van der Waals surface area contributed by atoms with Crippen molar-refractivity contribution in [3.05, 3.63) is 63.6 Å². The highest BCUT2D eigenvalue weighted by Crippen LogP contribution is 2.24. The number of hydrogen-bond acceptors (Lipinski definition) is 3. The van der Waals surface area contributed by atoms with Gasteiger partial charge in [0.15, 0.2) is 0 Å². The molecule has 2 aromatic carbocycles. The first-order valence-electron chi connectivity index (χ1n) is 10.9. The normalized spacial score (nSPS) is 12.7. The number of amides is 2. The largest absolute Gasteiger partial charge is 0.494 e. The fraction of sp³-hybridized carbons (Fsp3) is 0.440. The van der Waals surface area contributed by atoms with E-state index in [0.717, 1.165) is 23.3 Å². The highest BCUT2D eigenvalue weighted by atomic mass is 35.5. The summed E-state index contributed by atoms with van der Waals surface area (Å²) in [6, 6.07) is 12.4. The Morgan fingerprint density at radius 3 is 2.38 bits per heavy atom. The Balaban J connectivity index is 2.04. The molecule has 0 aliphatic heterocycles. The molecule has 174 valence electrons. The maximum Gasteiger partial charge on any atom is 0.242 e. The van der Waals surface area contributed by atoms with E-state index >= 15 is 0 Å². The number of halogens is 2. The summed E-state index contributed by atoms with van der Waals surface area (Å²) in [6.45, 7) is 8.40. The molecule has 5 nitrogen and oxygen atoms in total. The van der Waals surface area contributed by atoms with Gasteiger partial charge in [-0.1, -0.05) is 53.9 Å². The van der Waals surface area contributed by atoms with Gasteiger partial charge in [0.1, 0.15) is 11.8 Å². The molecule has 0 fully saturated rings. The van der Waals surface area contributed by atoms with Crippen LogP contribution < -0.4 is 10.1 Å². The zero-order valence-corrected chi connectivity index (χ0v) is 20.7. The molecular weight excluding hydrogens is 447 g/mol. The van der Waals surface area contributed by atoms with Gasteiger partial charge in [-0.2, -0.15) is 0 Å². The molecule has 2 rings (SSSR count). The SMILES string of the molecule is CC[C@@H](C)NC(=O)[C@@H](C)N(Cc1ccc(Cl)c(Cl)c1)C(=O)CCCOc1ccc(C)cc1. The lowest BCUT2D eigenvalue weighted by atomic mass is 10.1. The number of carbonyl (C=O) groups is 2. The van der Waals surface area contributed by atoms with Crippen LogP contribution in [-0.2, 0) is 16.1 Å². The van der Waals surface area contributed by atoms with E-state index < -0.39 is 6.04 Å². The van der Waals surface area contributed by atoms with Crippen LogP contribution in [-0.4, -0.2) is 35.4 Å². The number of rotatable bonds is 11. The van der Waals surface area contributed by atoms with E-state index in [1.54, 1.807) is 24.0 Å². The molecule has 0 aliphatic rings. The summed E-state index contributed by atoms with van der Waals surface area (Å²) < 4.78 is 5.73. The van der Waals surface area contributed by atoms with Crippen molar-refractivity contribution in [3.63, 3.8) is 0 Å². The van der Waals surface area contributed by atoms with Gasteiger partial charge in [0.25, 0.3) is 0 Å². The molecule has 32 heavy (non-hydrogen) atoms. The number of aryl methyl sites for hydroxylation is 1. The second-order valence-corrected chi connectivity index (χ2v) is 8.84. The zero-order valence-electron chi connectivity index (χ0n) is 19.2. The second-order valence-electron chi connectivity index (χ2n) is 8.03. The van der Waals surface area contributed by atoms with Crippen LogP contribution in [0.1, 0.15) is 51.2 Å². The molecule has 0 saturated heterocycles. The van der Waals surface area contributed by atoms with Crippen LogP contribution in [0.3, 0.4) is 0 Å². The summed E-state index contributed by atoms with van der Waals surface area (Å²) in [5, 5.41) is 3.82. The van der Waals surface area contributed by atoms with E-state index in [0.29, 0.717) is 23.1 Å². The minimum atomic E-state index is -0.621. The molecule has 2 amide bonds. The second kappa shape index (κ2) is 12.7. The zero-order chi connectivity index (χ0) is 23.7. The Bertz CT molecular complexity index is 903. The van der Waals surface area contributed by atoms with Crippen molar-refractivity contribution < 1.29 is 14.3 Å². The Kier molecular flexibility index (Phi) is 10.3. The van der Waals surface area contributed by atoms with Crippen molar-refractivity contribution in [2.45, 2.75) is 65.6 Å². The number of carbonyl (C=O) groups excluding carboxylic acids is 2. The third-order valence-electron chi connectivity index (χ3n) is 5.33. The van der Waals surface area contributed by atoms with Gasteiger partial charge in [-0.25, -0.2) is 0 Å². The molecule has 0 heterocycles. The van der Waals surface area contributed by atoms with Crippen LogP contribution in [0.15, 0.2) is 42.5 Å². The molecular formula is C25H32Cl2N2O3. The molecule has 0 radical (unpaired) electrons. The van der Waals surface area contributed by atoms with Crippen LogP contribution in [0.4, 0.5) is 0 Å². The van der Waals surface area contributed by atoms with Gasteiger partial charge in [-0.15, -0.1) is 0 Å². The van der Waals surface area contributed by atoms with Gasteiger partial charge >= 0.3 is 0 Å². The third kappa shape index (κ3) is 8.03. The lowest BCUT2D eigenvalue weighted by Gasteiger charge is -2.30. The van der Waals surface area contributed by atoms with E-state index in [2.05, 4.69) is 5.32 Å². The summed E-state index contributed by atoms with van der Waals surface area (Å²) in [6.07, 6.45) is 1.63. The predicted octanol–water partition coefficient (Wildman–Crippen LogP) is 5.79. The summed E-state index contributed by atoms with van der Waals surface area (Å²) in [4.78, 5) is 27.4. The van der Waals surface area contributed by atoms with E-state index in [1.165, 1.54) is 0 Å². The summed E-state index contributed by atoms with van der Waals surface area (Å²) >= 11 is 12.2. The van der Waals surface area contributed by atoms with Gasteiger partial charge in [0.2, 0.25) is 11.8 Å². The van der Waals surface area contributed by atoms with Crippen LogP contribution in [0, 0.1) is 6.92 Å². The van der Waals surface area contributed by atoms with Gasteiger partial charge in [0.05, 0.1) is 16.7 Å². The first kappa shape index (κ1) is 26.0. The first-order valence-corrected chi connectivity index (χ1v) is 11.7. The summed E-state index contributed by atoms with van der Waals surface area (Å²) in [5.74, 6) is 0.482. The van der Waals surface area contributed by atoms with Crippen molar-refractivity contribution in [2.24, 2.45) is 0 Å². The summed E-state index contributed by atoms with van der Waals surface area (Å²) in [7, 11) is 0. The molecule has 1 N–H and O–H groups in total. The van der Waals surface area contributed by atoms with E-state index in [9.17, 15) is 9.59 Å². The highest BCUT2D eigenvalue weighted by molar-refractivity contribution is 6.42. The maximum absolute atomic E-state index is 13.1. The molecule has 0 unspecified atom stereocenters. The Morgan fingerprint density at radius 2 is 1.75 bits per heavy atom. The first-order chi connectivity index (χ1) is 15.2. The fourth-order valence-corrected chi connectivity index (χ4v) is 3.40. The topological polar surface area (TPSA) is 58.6 Å². The Hall–Kier alpha value is -2.24. The molecule has 2 atom stereocenters. The molecule has 0 aromatic heterocycles. The molecule has 2 aromatic rings. The minimum absolute atomic E-state index is 0.0368. The van der Waals surface area contributed by atoms with Gasteiger partial charge in [0, 0.05) is 19.0 Å². The Morgan fingerprint density at radius 1 is 1.06 bits per heavy atom. The maximum atomic E-state index is 13.1.